The van der Waals surface area contributed by atoms with E-state index in [0.29, 0.717) is 18.7 Å². The molecule has 0 unspecified atom stereocenters. The van der Waals surface area contributed by atoms with E-state index in [1.54, 1.807) is 6.92 Å². The summed E-state index contributed by atoms with van der Waals surface area (Å²) in [6.45, 7) is 9.39. The third kappa shape index (κ3) is 9.47. The molecule has 3 heteroatoms. The van der Waals surface area contributed by atoms with Crippen LogP contribution >= 0.6 is 0 Å². The first-order chi connectivity index (χ1) is 7.18. The molecule has 0 rings (SSSR count). The standard InChI is InChI=1S/C12H23NO2/c1-4-5-6-7-9-15-10-8-13-12(14)11(2)3/h2,4-10H2,1,3H3,(H,13,14). The molecule has 15 heavy (non-hydrogen) atoms. The van der Waals surface area contributed by atoms with Gasteiger partial charge >= 0.3 is 0 Å². The van der Waals surface area contributed by atoms with Crippen molar-refractivity contribution in [2.45, 2.75) is 39.5 Å². The fourth-order valence-corrected chi connectivity index (χ4v) is 1.12. The van der Waals surface area contributed by atoms with Crippen molar-refractivity contribution in [2.75, 3.05) is 19.8 Å². The lowest BCUT2D eigenvalue weighted by Gasteiger charge is -2.05. The molecule has 0 aromatic carbocycles. The van der Waals surface area contributed by atoms with Gasteiger partial charge < -0.3 is 10.1 Å². The van der Waals surface area contributed by atoms with Crippen LogP contribution in [0.5, 0.6) is 0 Å². The topological polar surface area (TPSA) is 38.3 Å². The van der Waals surface area contributed by atoms with E-state index >= 15 is 0 Å². The Hall–Kier alpha value is -0.830. The number of rotatable bonds is 9. The summed E-state index contributed by atoms with van der Waals surface area (Å²) in [6, 6.07) is 0. The van der Waals surface area contributed by atoms with Crippen LogP contribution in [0.2, 0.25) is 0 Å². The minimum Gasteiger partial charge on any atom is -0.380 e. The largest absolute Gasteiger partial charge is 0.380 e. The van der Waals surface area contributed by atoms with Gasteiger partial charge in [-0.2, -0.15) is 0 Å². The van der Waals surface area contributed by atoms with Crippen molar-refractivity contribution in [2.24, 2.45) is 0 Å². The van der Waals surface area contributed by atoms with Crippen molar-refractivity contribution >= 4 is 5.91 Å². The summed E-state index contributed by atoms with van der Waals surface area (Å²) in [5.74, 6) is -0.0930. The van der Waals surface area contributed by atoms with E-state index in [1.807, 2.05) is 0 Å². The van der Waals surface area contributed by atoms with Crippen LogP contribution in [0.15, 0.2) is 12.2 Å². The summed E-state index contributed by atoms with van der Waals surface area (Å²) >= 11 is 0. The summed E-state index contributed by atoms with van der Waals surface area (Å²) in [6.07, 6.45) is 4.86. The SMILES string of the molecule is C=C(C)C(=O)NCCOCCCCCC. The molecule has 0 saturated carbocycles. The van der Waals surface area contributed by atoms with Gasteiger partial charge in [0, 0.05) is 18.7 Å². The van der Waals surface area contributed by atoms with E-state index in [-0.39, 0.29) is 5.91 Å². The molecule has 1 amide bonds. The van der Waals surface area contributed by atoms with Crippen LogP contribution in [0.3, 0.4) is 0 Å². The molecule has 0 saturated heterocycles. The summed E-state index contributed by atoms with van der Waals surface area (Å²) in [4.78, 5) is 11.1. The molecule has 0 aliphatic heterocycles. The van der Waals surface area contributed by atoms with E-state index in [1.165, 1.54) is 19.3 Å². The summed E-state index contributed by atoms with van der Waals surface area (Å²) < 4.78 is 5.37. The van der Waals surface area contributed by atoms with Gasteiger partial charge in [-0.25, -0.2) is 0 Å². The fourth-order valence-electron chi connectivity index (χ4n) is 1.12. The van der Waals surface area contributed by atoms with Gasteiger partial charge in [-0.3, -0.25) is 4.79 Å². The smallest absolute Gasteiger partial charge is 0.246 e. The highest BCUT2D eigenvalue weighted by Crippen LogP contribution is 1.98. The van der Waals surface area contributed by atoms with Gasteiger partial charge in [-0.05, 0) is 13.3 Å². The molecule has 0 spiro atoms. The normalized spacial score (nSPS) is 10.0. The Morgan fingerprint density at radius 2 is 2.00 bits per heavy atom. The number of amides is 1. The molecule has 0 aromatic heterocycles. The van der Waals surface area contributed by atoms with E-state index in [0.717, 1.165) is 13.0 Å². The second kappa shape index (κ2) is 9.71. The summed E-state index contributed by atoms with van der Waals surface area (Å²) in [7, 11) is 0. The highest BCUT2D eigenvalue weighted by atomic mass is 16.5. The van der Waals surface area contributed by atoms with Crippen molar-refractivity contribution in [3.63, 3.8) is 0 Å². The van der Waals surface area contributed by atoms with Crippen LogP contribution in [0.25, 0.3) is 0 Å². The minimum absolute atomic E-state index is 0.0930. The van der Waals surface area contributed by atoms with Crippen LogP contribution in [0.1, 0.15) is 39.5 Å². The van der Waals surface area contributed by atoms with Gasteiger partial charge in [0.25, 0.3) is 0 Å². The zero-order valence-corrected chi connectivity index (χ0v) is 9.97. The van der Waals surface area contributed by atoms with Gasteiger partial charge in [-0.15, -0.1) is 0 Å². The Morgan fingerprint density at radius 3 is 2.60 bits per heavy atom. The molecular weight excluding hydrogens is 190 g/mol. The number of carbonyl (C=O) groups is 1. The highest BCUT2D eigenvalue weighted by molar-refractivity contribution is 5.91. The molecule has 0 fully saturated rings. The number of unbranched alkanes of at least 4 members (excludes halogenated alkanes) is 3. The second-order valence-electron chi connectivity index (χ2n) is 3.71. The number of nitrogens with one attached hydrogen (secondary N) is 1. The van der Waals surface area contributed by atoms with Crippen molar-refractivity contribution in [3.8, 4) is 0 Å². The Labute approximate surface area is 92.9 Å². The van der Waals surface area contributed by atoms with Crippen LogP contribution in [-0.2, 0) is 9.53 Å². The van der Waals surface area contributed by atoms with Gasteiger partial charge in [0.05, 0.1) is 6.61 Å². The van der Waals surface area contributed by atoms with Crippen LogP contribution in [0.4, 0.5) is 0 Å². The Morgan fingerprint density at radius 1 is 1.27 bits per heavy atom. The lowest BCUT2D eigenvalue weighted by molar-refractivity contribution is -0.117. The van der Waals surface area contributed by atoms with E-state index in [4.69, 9.17) is 4.74 Å². The first-order valence-corrected chi connectivity index (χ1v) is 5.70. The second-order valence-corrected chi connectivity index (χ2v) is 3.71. The molecule has 0 aliphatic carbocycles. The molecule has 88 valence electrons. The number of ether oxygens (including phenoxy) is 1. The van der Waals surface area contributed by atoms with Gasteiger partial charge in [0.1, 0.15) is 0 Å². The quantitative estimate of drug-likeness (QED) is 0.471. The predicted octanol–water partition coefficient (Wildman–Crippen LogP) is 2.28. The van der Waals surface area contributed by atoms with Gasteiger partial charge in [0.15, 0.2) is 0 Å². The van der Waals surface area contributed by atoms with Crippen LogP contribution < -0.4 is 5.32 Å². The third-order valence-corrected chi connectivity index (χ3v) is 2.06. The number of hydrogen-bond donors (Lipinski definition) is 1. The Bertz CT molecular complexity index is 190. The molecule has 1 N–H and O–H groups in total. The third-order valence-electron chi connectivity index (χ3n) is 2.06. The van der Waals surface area contributed by atoms with E-state index < -0.39 is 0 Å². The average Bonchev–Trinajstić information content (AvgIpc) is 2.21. The van der Waals surface area contributed by atoms with E-state index in [9.17, 15) is 4.79 Å². The Kier molecular flexibility index (Phi) is 9.18. The van der Waals surface area contributed by atoms with Gasteiger partial charge in [-0.1, -0.05) is 32.8 Å². The van der Waals surface area contributed by atoms with Crippen molar-refractivity contribution in [1.82, 2.24) is 5.32 Å². The molecule has 3 nitrogen and oxygen atoms in total. The molecule has 0 aliphatic rings. The summed E-state index contributed by atoms with van der Waals surface area (Å²) in [5, 5.41) is 2.72. The summed E-state index contributed by atoms with van der Waals surface area (Å²) in [5.41, 5.74) is 0.540. The highest BCUT2D eigenvalue weighted by Gasteiger charge is 1.98. The first kappa shape index (κ1) is 14.2. The van der Waals surface area contributed by atoms with Crippen LogP contribution in [-0.4, -0.2) is 25.7 Å². The van der Waals surface area contributed by atoms with Crippen LogP contribution in [0, 0.1) is 0 Å². The van der Waals surface area contributed by atoms with E-state index in [2.05, 4.69) is 18.8 Å². The number of carbonyl (C=O) groups excluding carboxylic acids is 1. The maximum Gasteiger partial charge on any atom is 0.246 e. The lowest BCUT2D eigenvalue weighted by atomic mass is 10.2. The molecule has 0 radical (unpaired) electrons. The van der Waals surface area contributed by atoms with Gasteiger partial charge in [0.2, 0.25) is 5.91 Å². The lowest BCUT2D eigenvalue weighted by Crippen LogP contribution is -2.27. The molecule has 0 bridgehead atoms. The van der Waals surface area contributed by atoms with Crippen molar-refractivity contribution < 1.29 is 9.53 Å². The first-order valence-electron chi connectivity index (χ1n) is 5.70. The molecule has 0 heterocycles. The zero-order valence-electron chi connectivity index (χ0n) is 9.97. The molecule has 0 atom stereocenters. The maximum absolute atomic E-state index is 11.1. The zero-order chi connectivity index (χ0) is 11.5. The fraction of sp³-hybridized carbons (Fsp3) is 0.750. The van der Waals surface area contributed by atoms with Crippen molar-refractivity contribution in [1.29, 1.82) is 0 Å². The minimum atomic E-state index is -0.0930. The predicted molar refractivity (Wildman–Crippen MR) is 62.8 cm³/mol. The maximum atomic E-state index is 11.1. The molecule has 0 aromatic rings. The molecular formula is C12H23NO2. The average molecular weight is 213 g/mol. The monoisotopic (exact) mass is 213 g/mol. The Balaban J connectivity index is 3.11. The number of hydrogen-bond acceptors (Lipinski definition) is 2. The van der Waals surface area contributed by atoms with Crippen molar-refractivity contribution in [3.05, 3.63) is 12.2 Å².